The fraction of sp³-hybridized carbons (Fsp3) is 0.0909. The maximum absolute atomic E-state index is 15.4. The minimum atomic E-state index is -4.84. The fourth-order valence-corrected chi connectivity index (χ4v) is 4.55. The van der Waals surface area contributed by atoms with E-state index in [1.807, 2.05) is 0 Å². The summed E-state index contributed by atoms with van der Waals surface area (Å²) in [6.45, 7) is 1.61. The van der Waals surface area contributed by atoms with Gasteiger partial charge in [-0.05, 0) is 59.8 Å². The van der Waals surface area contributed by atoms with Crippen LogP contribution in [-0.4, -0.2) is 7.11 Å². The largest absolute Gasteiger partial charge is 0.495 e. The monoisotopic (exact) mass is 634 g/mol. The molecule has 0 aliphatic carbocycles. The summed E-state index contributed by atoms with van der Waals surface area (Å²) < 4.78 is 155. The zero-order chi connectivity index (χ0) is 32.8. The molecule has 0 radical (unpaired) electrons. The molecule has 0 saturated carbocycles. The van der Waals surface area contributed by atoms with E-state index < -0.39 is 91.6 Å². The summed E-state index contributed by atoms with van der Waals surface area (Å²) in [5.41, 5.74) is -2.63. The molecule has 0 saturated heterocycles. The number of ether oxygens (including phenoxy) is 2. The Hall–Kier alpha value is -5.18. The van der Waals surface area contributed by atoms with Crippen molar-refractivity contribution in [2.75, 3.05) is 7.11 Å². The van der Waals surface area contributed by atoms with E-state index in [9.17, 15) is 22.0 Å². The Labute approximate surface area is 248 Å². The highest BCUT2D eigenvalue weighted by Crippen LogP contribution is 2.41. The summed E-state index contributed by atoms with van der Waals surface area (Å²) in [6, 6.07) is 8.27. The molecule has 0 aromatic heterocycles. The summed E-state index contributed by atoms with van der Waals surface area (Å²) in [5.74, 6) is -9.41. The smallest absolute Gasteiger partial charge is 0.432 e. The van der Waals surface area contributed by atoms with E-state index in [0.717, 1.165) is 19.2 Å². The van der Waals surface area contributed by atoms with Crippen LogP contribution in [0.2, 0.25) is 0 Å². The molecule has 0 aliphatic heterocycles. The molecule has 5 aromatic carbocycles. The molecule has 0 bridgehead atoms. The molecule has 5 aromatic rings. The van der Waals surface area contributed by atoms with Crippen LogP contribution in [0.1, 0.15) is 22.3 Å². The van der Waals surface area contributed by atoms with Crippen LogP contribution in [-0.2, 0) is 6.11 Å². The Bertz CT molecular complexity index is 2040. The Morgan fingerprint density at radius 3 is 1.98 bits per heavy atom. The molecular formula is C33H16F10O2. The molecule has 0 aliphatic rings. The fourth-order valence-electron chi connectivity index (χ4n) is 4.55. The zero-order valence-electron chi connectivity index (χ0n) is 22.9. The van der Waals surface area contributed by atoms with Crippen molar-refractivity contribution >= 4 is 10.8 Å². The second kappa shape index (κ2) is 11.7. The maximum Gasteiger partial charge on any atom is 0.432 e. The second-order valence-electron chi connectivity index (χ2n) is 9.69. The normalized spacial score (nSPS) is 11.4. The highest BCUT2D eigenvalue weighted by atomic mass is 19.3. The first-order chi connectivity index (χ1) is 21.2. The van der Waals surface area contributed by atoms with Crippen LogP contribution < -0.4 is 9.47 Å². The molecule has 0 unspecified atom stereocenters. The van der Waals surface area contributed by atoms with Crippen molar-refractivity contribution in [3.05, 3.63) is 129 Å². The lowest BCUT2D eigenvalue weighted by Crippen LogP contribution is -2.25. The third-order valence-electron chi connectivity index (χ3n) is 6.62. The molecule has 12 heteroatoms. The number of methoxy groups -OCH3 is 1. The Balaban J connectivity index is 1.52. The molecule has 2 nitrogen and oxygen atoms in total. The first kappa shape index (κ1) is 31.3. The van der Waals surface area contributed by atoms with Gasteiger partial charge in [-0.1, -0.05) is 24.0 Å². The summed E-state index contributed by atoms with van der Waals surface area (Å²) in [6.07, 6.45) is -4.84. The van der Waals surface area contributed by atoms with Crippen LogP contribution in [0.15, 0.2) is 60.7 Å². The van der Waals surface area contributed by atoms with Crippen molar-refractivity contribution in [1.29, 1.82) is 0 Å². The van der Waals surface area contributed by atoms with E-state index in [-0.39, 0.29) is 11.1 Å². The third kappa shape index (κ3) is 5.98. The van der Waals surface area contributed by atoms with Gasteiger partial charge in [-0.25, -0.2) is 35.1 Å². The van der Waals surface area contributed by atoms with Crippen LogP contribution in [0.3, 0.4) is 0 Å². The number of fused-ring (bicyclic) bond motifs is 1. The summed E-state index contributed by atoms with van der Waals surface area (Å²) in [7, 11) is 0.987. The van der Waals surface area contributed by atoms with Crippen molar-refractivity contribution in [2.45, 2.75) is 13.0 Å². The average Bonchev–Trinajstić information content (AvgIpc) is 2.94. The van der Waals surface area contributed by atoms with Crippen molar-refractivity contribution in [2.24, 2.45) is 0 Å². The Kier molecular flexibility index (Phi) is 8.14. The van der Waals surface area contributed by atoms with Gasteiger partial charge in [0, 0.05) is 23.3 Å². The highest BCUT2D eigenvalue weighted by molar-refractivity contribution is 5.89. The van der Waals surface area contributed by atoms with Crippen molar-refractivity contribution in [3.8, 4) is 34.5 Å². The first-order valence-electron chi connectivity index (χ1n) is 12.7. The second-order valence-corrected chi connectivity index (χ2v) is 9.69. The predicted molar refractivity (Wildman–Crippen MR) is 144 cm³/mol. The number of hydrogen-bond acceptors (Lipinski definition) is 2. The number of hydrogen-bond donors (Lipinski definition) is 0. The van der Waals surface area contributed by atoms with E-state index in [2.05, 4.69) is 16.6 Å². The zero-order valence-corrected chi connectivity index (χ0v) is 22.9. The molecule has 45 heavy (non-hydrogen) atoms. The number of alkyl halides is 2. The molecule has 230 valence electrons. The van der Waals surface area contributed by atoms with Gasteiger partial charge in [-0.2, -0.15) is 8.78 Å². The van der Waals surface area contributed by atoms with E-state index in [1.165, 1.54) is 12.1 Å². The Morgan fingerprint density at radius 2 is 1.33 bits per heavy atom. The Morgan fingerprint density at radius 1 is 0.644 bits per heavy atom. The van der Waals surface area contributed by atoms with Gasteiger partial charge in [0.25, 0.3) is 0 Å². The molecule has 0 atom stereocenters. The summed E-state index contributed by atoms with van der Waals surface area (Å²) in [5, 5.41) is -1.52. The third-order valence-corrected chi connectivity index (χ3v) is 6.62. The van der Waals surface area contributed by atoms with E-state index in [0.29, 0.717) is 42.0 Å². The topological polar surface area (TPSA) is 18.5 Å². The standard InChI is InChI=1S/C33H16F10O2/c1-15-3-5-20(22(34)7-15)17-10-18-12-25(37)30(32(41)29(18)24(36)11-17)33(42,43)45-19-13-23(35)21(28(14-19)44-2)6-4-16-8-26(38)31(40)27(39)9-16/h3,5,7-14H,1-2H3. The van der Waals surface area contributed by atoms with Gasteiger partial charge in [0.2, 0.25) is 0 Å². The SMILES string of the molecule is COc1cc(OC(F)(F)c2c(F)cc3cc(-c4ccc(C)cc4F)cc(F)c3c2F)cc(F)c1C#Cc1cc(F)c(F)c(F)c1. The van der Waals surface area contributed by atoms with E-state index in [4.69, 9.17) is 4.74 Å². The maximum atomic E-state index is 15.4. The molecular weight excluding hydrogens is 618 g/mol. The van der Waals surface area contributed by atoms with Crippen LogP contribution in [0.4, 0.5) is 43.9 Å². The lowest BCUT2D eigenvalue weighted by molar-refractivity contribution is -0.189. The van der Waals surface area contributed by atoms with Crippen LogP contribution in [0.5, 0.6) is 11.5 Å². The number of aryl methyl sites for hydroxylation is 1. The van der Waals surface area contributed by atoms with Gasteiger partial charge in [0.05, 0.1) is 12.5 Å². The van der Waals surface area contributed by atoms with Crippen molar-refractivity contribution < 1.29 is 53.4 Å². The first-order valence-corrected chi connectivity index (χ1v) is 12.7. The van der Waals surface area contributed by atoms with Gasteiger partial charge in [0.1, 0.15) is 51.7 Å². The van der Waals surface area contributed by atoms with Crippen LogP contribution >= 0.6 is 0 Å². The van der Waals surface area contributed by atoms with Crippen LogP contribution in [0, 0.1) is 65.3 Å². The minimum absolute atomic E-state index is 0.0962. The molecule has 0 amide bonds. The predicted octanol–water partition coefficient (Wildman–Crippen LogP) is 9.46. The number of rotatable bonds is 5. The van der Waals surface area contributed by atoms with Crippen molar-refractivity contribution in [3.63, 3.8) is 0 Å². The molecule has 0 N–H and O–H groups in total. The van der Waals surface area contributed by atoms with Gasteiger partial charge in [-0.15, -0.1) is 0 Å². The molecule has 5 rings (SSSR count). The van der Waals surface area contributed by atoms with E-state index in [1.54, 1.807) is 6.92 Å². The van der Waals surface area contributed by atoms with Gasteiger partial charge in [-0.3, -0.25) is 0 Å². The lowest BCUT2D eigenvalue weighted by Gasteiger charge is -2.21. The molecule has 0 spiro atoms. The molecule has 0 heterocycles. The quantitative estimate of drug-likeness (QED) is 0.109. The van der Waals surface area contributed by atoms with Crippen LogP contribution in [0.25, 0.3) is 21.9 Å². The average molecular weight is 634 g/mol. The van der Waals surface area contributed by atoms with Gasteiger partial charge >= 0.3 is 6.11 Å². The molecule has 0 fully saturated rings. The van der Waals surface area contributed by atoms with Gasteiger partial charge < -0.3 is 9.47 Å². The summed E-state index contributed by atoms with van der Waals surface area (Å²) in [4.78, 5) is 0. The van der Waals surface area contributed by atoms with E-state index >= 15 is 22.0 Å². The van der Waals surface area contributed by atoms with Gasteiger partial charge in [0.15, 0.2) is 17.5 Å². The lowest BCUT2D eigenvalue weighted by atomic mass is 9.97. The minimum Gasteiger partial charge on any atom is -0.495 e. The highest BCUT2D eigenvalue weighted by Gasteiger charge is 2.42. The number of benzene rings is 5. The van der Waals surface area contributed by atoms with Crippen molar-refractivity contribution in [1.82, 2.24) is 0 Å². The summed E-state index contributed by atoms with van der Waals surface area (Å²) >= 11 is 0. The number of halogens is 10.